The maximum absolute atomic E-state index is 13.6. The van der Waals surface area contributed by atoms with E-state index in [1.54, 1.807) is 13.2 Å². The molecule has 0 bridgehead atoms. The van der Waals surface area contributed by atoms with E-state index in [0.29, 0.717) is 16.7 Å². The number of ether oxygens (including phenoxy) is 1. The molecule has 0 aliphatic carbocycles. The van der Waals surface area contributed by atoms with Crippen LogP contribution in [0.4, 0.5) is 0 Å². The summed E-state index contributed by atoms with van der Waals surface area (Å²) >= 11 is 1.50. The zero-order valence-corrected chi connectivity index (χ0v) is 17.8. The topological polar surface area (TPSA) is 76.8 Å². The second-order valence-corrected chi connectivity index (χ2v) is 9.59. The molecule has 0 spiro atoms. The first-order valence-electron chi connectivity index (χ1n) is 9.16. The summed E-state index contributed by atoms with van der Waals surface area (Å²) in [5, 5.41) is 2.46. The van der Waals surface area contributed by atoms with Crippen LogP contribution in [-0.4, -0.2) is 19.8 Å². The fourth-order valence-corrected chi connectivity index (χ4v) is 5.42. The zero-order valence-electron chi connectivity index (χ0n) is 16.1. The molecular weight excluding hydrogens is 422 g/mol. The molecule has 0 fully saturated rings. The Morgan fingerprint density at radius 1 is 1.00 bits per heavy atom. The fraction of sp³-hybridized carbons (Fsp3) is 0.136. The van der Waals surface area contributed by atoms with Gasteiger partial charge in [0.1, 0.15) is 11.3 Å². The van der Waals surface area contributed by atoms with E-state index in [0.717, 1.165) is 10.4 Å². The maximum Gasteiger partial charge on any atom is 0.336 e. The molecule has 0 amide bonds. The molecule has 0 N–H and O–H groups in total. The number of fused-ring (bicyclic) bond motifs is 1. The minimum Gasteiger partial charge on any atom is -0.496 e. The van der Waals surface area contributed by atoms with Gasteiger partial charge in [-0.2, -0.15) is 4.31 Å². The standard InChI is InChI=1S/C22H19NO5S2/c1-27-20-7-3-2-5-17(20)14-23(15-18-6-4-12-29-18)30(25,26)19-9-10-21-16(13-19)8-11-22(24)28-21/h2-13H,14-15H2,1H3. The Hall–Kier alpha value is -2.94. The largest absolute Gasteiger partial charge is 0.496 e. The second kappa shape index (κ2) is 8.43. The van der Waals surface area contributed by atoms with Crippen LogP contribution in [0.3, 0.4) is 0 Å². The predicted molar refractivity (Wildman–Crippen MR) is 116 cm³/mol. The molecule has 0 unspecified atom stereocenters. The van der Waals surface area contributed by atoms with E-state index < -0.39 is 15.6 Å². The number of methoxy groups -OCH3 is 1. The molecule has 30 heavy (non-hydrogen) atoms. The monoisotopic (exact) mass is 441 g/mol. The van der Waals surface area contributed by atoms with Gasteiger partial charge in [0, 0.05) is 35.0 Å². The first kappa shape index (κ1) is 20.3. The number of rotatable bonds is 7. The third-order valence-corrected chi connectivity index (χ3v) is 7.33. The molecule has 154 valence electrons. The molecule has 4 aromatic rings. The summed E-state index contributed by atoms with van der Waals surface area (Å²) < 4.78 is 39.1. The number of hydrogen-bond donors (Lipinski definition) is 0. The van der Waals surface area contributed by atoms with Gasteiger partial charge in [-0.3, -0.25) is 0 Å². The molecule has 6 nitrogen and oxygen atoms in total. The van der Waals surface area contributed by atoms with Crippen molar-refractivity contribution in [1.82, 2.24) is 4.31 Å². The van der Waals surface area contributed by atoms with Gasteiger partial charge in [-0.25, -0.2) is 13.2 Å². The van der Waals surface area contributed by atoms with Crippen molar-refractivity contribution in [3.8, 4) is 5.75 Å². The molecule has 0 aliphatic heterocycles. The summed E-state index contributed by atoms with van der Waals surface area (Å²) in [4.78, 5) is 12.5. The Balaban J connectivity index is 1.76. The van der Waals surface area contributed by atoms with E-state index in [4.69, 9.17) is 9.15 Å². The van der Waals surface area contributed by atoms with Gasteiger partial charge >= 0.3 is 5.63 Å². The number of sulfonamides is 1. The summed E-state index contributed by atoms with van der Waals surface area (Å²) in [7, 11) is -2.27. The lowest BCUT2D eigenvalue weighted by atomic mass is 10.2. The third kappa shape index (κ3) is 4.16. The smallest absolute Gasteiger partial charge is 0.336 e. The van der Waals surface area contributed by atoms with Crippen molar-refractivity contribution in [3.05, 3.63) is 93.0 Å². The summed E-state index contributed by atoms with van der Waals surface area (Å²) in [6.07, 6.45) is 0. The van der Waals surface area contributed by atoms with Crippen LogP contribution in [-0.2, 0) is 23.1 Å². The number of para-hydroxylation sites is 1. The molecule has 0 saturated carbocycles. The Morgan fingerprint density at radius 2 is 1.83 bits per heavy atom. The van der Waals surface area contributed by atoms with Gasteiger partial charge in [0.15, 0.2) is 0 Å². The summed E-state index contributed by atoms with van der Waals surface area (Å²) in [5.41, 5.74) is 0.636. The summed E-state index contributed by atoms with van der Waals surface area (Å²) in [6.45, 7) is 0.395. The highest BCUT2D eigenvalue weighted by Crippen LogP contribution is 2.28. The van der Waals surface area contributed by atoms with Gasteiger partial charge in [0.05, 0.1) is 12.0 Å². The second-order valence-electron chi connectivity index (χ2n) is 6.62. The van der Waals surface area contributed by atoms with Gasteiger partial charge in [-0.05, 0) is 41.8 Å². The molecule has 0 saturated heterocycles. The maximum atomic E-state index is 13.6. The van der Waals surface area contributed by atoms with E-state index in [1.807, 2.05) is 41.8 Å². The normalized spacial score (nSPS) is 11.8. The van der Waals surface area contributed by atoms with Gasteiger partial charge in [0.2, 0.25) is 10.0 Å². The van der Waals surface area contributed by atoms with Crippen LogP contribution in [0, 0.1) is 0 Å². The highest BCUT2D eigenvalue weighted by Gasteiger charge is 2.26. The molecule has 2 aromatic heterocycles. The van der Waals surface area contributed by atoms with Crippen LogP contribution in [0.25, 0.3) is 11.0 Å². The van der Waals surface area contributed by atoms with Crippen molar-refractivity contribution in [2.45, 2.75) is 18.0 Å². The van der Waals surface area contributed by atoms with E-state index in [-0.39, 0.29) is 18.0 Å². The molecule has 8 heteroatoms. The SMILES string of the molecule is COc1ccccc1CN(Cc1cccs1)S(=O)(=O)c1ccc2oc(=O)ccc2c1. The van der Waals surface area contributed by atoms with Gasteiger partial charge in [-0.1, -0.05) is 24.3 Å². The molecule has 0 radical (unpaired) electrons. The Kier molecular flexibility index (Phi) is 5.72. The van der Waals surface area contributed by atoms with Crippen LogP contribution < -0.4 is 10.4 Å². The predicted octanol–water partition coefficient (Wildman–Crippen LogP) is 4.25. The van der Waals surface area contributed by atoms with E-state index >= 15 is 0 Å². The number of thiophene rings is 1. The van der Waals surface area contributed by atoms with E-state index in [1.165, 1.54) is 39.9 Å². The minimum atomic E-state index is -3.84. The fourth-order valence-electron chi connectivity index (χ4n) is 3.19. The Morgan fingerprint density at radius 3 is 2.60 bits per heavy atom. The van der Waals surface area contributed by atoms with Crippen LogP contribution in [0.2, 0.25) is 0 Å². The van der Waals surface area contributed by atoms with Gasteiger partial charge in [0.25, 0.3) is 0 Å². The van der Waals surface area contributed by atoms with Crippen molar-refractivity contribution >= 4 is 32.3 Å². The summed E-state index contributed by atoms with van der Waals surface area (Å²) in [6, 6.07) is 18.5. The van der Waals surface area contributed by atoms with Crippen LogP contribution in [0.15, 0.2) is 86.2 Å². The van der Waals surface area contributed by atoms with Crippen molar-refractivity contribution in [3.63, 3.8) is 0 Å². The lowest BCUT2D eigenvalue weighted by Gasteiger charge is -2.23. The lowest BCUT2D eigenvalue weighted by molar-refractivity contribution is 0.377. The van der Waals surface area contributed by atoms with Crippen LogP contribution in [0.1, 0.15) is 10.4 Å². The molecular formula is C22H19NO5S2. The van der Waals surface area contributed by atoms with Crippen LogP contribution >= 0.6 is 11.3 Å². The first-order valence-corrected chi connectivity index (χ1v) is 11.5. The summed E-state index contributed by atoms with van der Waals surface area (Å²) in [5.74, 6) is 0.629. The molecule has 4 rings (SSSR count). The minimum absolute atomic E-state index is 0.135. The first-order chi connectivity index (χ1) is 14.5. The molecule has 2 heterocycles. The average molecular weight is 442 g/mol. The van der Waals surface area contributed by atoms with E-state index in [2.05, 4.69) is 0 Å². The Bertz CT molecular complexity index is 1330. The number of benzene rings is 2. The number of hydrogen-bond acceptors (Lipinski definition) is 6. The average Bonchev–Trinajstić information content (AvgIpc) is 3.26. The highest BCUT2D eigenvalue weighted by molar-refractivity contribution is 7.89. The van der Waals surface area contributed by atoms with Crippen LogP contribution in [0.5, 0.6) is 5.75 Å². The van der Waals surface area contributed by atoms with Crippen molar-refractivity contribution in [2.24, 2.45) is 0 Å². The zero-order chi connectivity index (χ0) is 21.1. The van der Waals surface area contributed by atoms with Gasteiger partial charge < -0.3 is 9.15 Å². The van der Waals surface area contributed by atoms with Crippen molar-refractivity contribution < 1.29 is 17.6 Å². The van der Waals surface area contributed by atoms with E-state index in [9.17, 15) is 13.2 Å². The van der Waals surface area contributed by atoms with Crippen molar-refractivity contribution in [1.29, 1.82) is 0 Å². The Labute approximate surface area is 178 Å². The van der Waals surface area contributed by atoms with Crippen molar-refractivity contribution in [2.75, 3.05) is 7.11 Å². The van der Waals surface area contributed by atoms with Gasteiger partial charge in [-0.15, -0.1) is 11.3 Å². The lowest BCUT2D eigenvalue weighted by Crippen LogP contribution is -2.30. The molecule has 0 atom stereocenters. The highest BCUT2D eigenvalue weighted by atomic mass is 32.2. The quantitative estimate of drug-likeness (QED) is 0.401. The molecule has 2 aromatic carbocycles. The molecule has 0 aliphatic rings. The number of nitrogens with zero attached hydrogens (tertiary/aromatic N) is 1. The third-order valence-electron chi connectivity index (χ3n) is 4.68.